The number of hydrogen-bond donors (Lipinski definition) is 1. The first-order valence-corrected chi connectivity index (χ1v) is 10.9. The zero-order chi connectivity index (χ0) is 20.4. The third kappa shape index (κ3) is 3.91. The lowest BCUT2D eigenvalue weighted by atomic mass is 9.74. The summed E-state index contributed by atoms with van der Waals surface area (Å²) in [5, 5.41) is 3.23. The Hall–Kier alpha value is -2.31. The zero-order valence-electron chi connectivity index (χ0n) is 17.6. The van der Waals surface area contributed by atoms with Gasteiger partial charge in [-0.1, -0.05) is 18.9 Å². The van der Waals surface area contributed by atoms with E-state index in [1.54, 1.807) is 11.1 Å². The van der Waals surface area contributed by atoms with Gasteiger partial charge in [0.05, 0.1) is 5.41 Å². The summed E-state index contributed by atoms with van der Waals surface area (Å²) in [6.07, 6.45) is 8.03. The fraction of sp³-hybridized carbons (Fsp3) is 0.682. The third-order valence-corrected chi connectivity index (χ3v) is 6.96. The minimum Gasteiger partial charge on any atom is -0.355 e. The van der Waals surface area contributed by atoms with E-state index in [0.717, 1.165) is 44.6 Å². The minimum atomic E-state index is -0.455. The molecule has 1 aromatic rings. The van der Waals surface area contributed by atoms with Gasteiger partial charge in [0, 0.05) is 58.4 Å². The zero-order valence-corrected chi connectivity index (χ0v) is 17.6. The maximum absolute atomic E-state index is 13.3. The van der Waals surface area contributed by atoms with Gasteiger partial charge in [0.2, 0.25) is 5.91 Å². The van der Waals surface area contributed by atoms with Crippen LogP contribution in [0.4, 0.5) is 10.6 Å². The van der Waals surface area contributed by atoms with E-state index < -0.39 is 5.41 Å². The summed E-state index contributed by atoms with van der Waals surface area (Å²) < 4.78 is 0. The second-order valence-corrected chi connectivity index (χ2v) is 9.10. The molecule has 1 aromatic heterocycles. The molecule has 7 nitrogen and oxygen atoms in total. The van der Waals surface area contributed by atoms with Crippen molar-refractivity contribution in [3.05, 3.63) is 24.4 Å². The molecule has 0 spiro atoms. The number of aromatic nitrogens is 1. The van der Waals surface area contributed by atoms with Crippen LogP contribution >= 0.6 is 0 Å². The van der Waals surface area contributed by atoms with Crippen molar-refractivity contribution in [3.63, 3.8) is 0 Å². The number of urea groups is 1. The van der Waals surface area contributed by atoms with Gasteiger partial charge in [0.15, 0.2) is 0 Å². The molecule has 2 aliphatic heterocycles. The molecule has 3 amide bonds. The van der Waals surface area contributed by atoms with Crippen LogP contribution in [0.3, 0.4) is 0 Å². The molecule has 7 heteroatoms. The Morgan fingerprint density at radius 3 is 2.66 bits per heavy atom. The number of amides is 3. The summed E-state index contributed by atoms with van der Waals surface area (Å²) in [5.74, 6) is 1.20. The molecule has 1 aliphatic carbocycles. The topological polar surface area (TPSA) is 68.8 Å². The standard InChI is InChI=1S/C22H33N5O2/c1-25(2)20(28)22-11-7-13-26(21(29)24-18-8-3-4-9-18)14-17(22)15-27(16-22)19-10-5-6-12-23-19/h5-6,10,12,17-18H,3-4,7-9,11,13-16H2,1-2H3,(H,24,29)/t17-,22-/m0/s1. The number of anilines is 1. The molecule has 3 heterocycles. The van der Waals surface area contributed by atoms with E-state index in [4.69, 9.17) is 0 Å². The average Bonchev–Trinajstić information content (AvgIpc) is 3.32. The van der Waals surface area contributed by atoms with E-state index in [1.165, 1.54) is 12.8 Å². The lowest BCUT2D eigenvalue weighted by molar-refractivity contribution is -0.141. The van der Waals surface area contributed by atoms with Gasteiger partial charge in [-0.3, -0.25) is 4.79 Å². The first-order chi connectivity index (χ1) is 14.0. The molecular formula is C22H33N5O2. The molecule has 2 saturated heterocycles. The van der Waals surface area contributed by atoms with Gasteiger partial charge in [-0.05, 0) is 37.8 Å². The first-order valence-electron chi connectivity index (χ1n) is 10.9. The quantitative estimate of drug-likeness (QED) is 0.847. The molecule has 29 heavy (non-hydrogen) atoms. The second-order valence-electron chi connectivity index (χ2n) is 9.10. The lowest BCUT2D eigenvalue weighted by Gasteiger charge is -2.34. The van der Waals surface area contributed by atoms with Crippen molar-refractivity contribution in [3.8, 4) is 0 Å². The van der Waals surface area contributed by atoms with Crippen LogP contribution in [-0.4, -0.2) is 73.0 Å². The Kier molecular flexibility index (Phi) is 5.65. The Morgan fingerprint density at radius 2 is 1.97 bits per heavy atom. The van der Waals surface area contributed by atoms with Gasteiger partial charge < -0.3 is 20.0 Å². The second kappa shape index (κ2) is 8.20. The maximum atomic E-state index is 13.3. The molecule has 0 bridgehead atoms. The number of rotatable bonds is 3. The number of likely N-dealkylation sites (tertiary alicyclic amines) is 1. The molecule has 0 unspecified atom stereocenters. The highest BCUT2D eigenvalue weighted by Crippen LogP contribution is 2.45. The third-order valence-electron chi connectivity index (χ3n) is 6.96. The van der Waals surface area contributed by atoms with Gasteiger partial charge in [-0.25, -0.2) is 9.78 Å². The summed E-state index contributed by atoms with van der Waals surface area (Å²) in [6, 6.07) is 6.25. The summed E-state index contributed by atoms with van der Waals surface area (Å²) in [7, 11) is 3.68. The summed E-state index contributed by atoms with van der Waals surface area (Å²) in [5.41, 5.74) is -0.455. The number of nitrogens with one attached hydrogen (secondary N) is 1. The Bertz CT molecular complexity index is 734. The van der Waals surface area contributed by atoms with Crippen LogP contribution in [0.15, 0.2) is 24.4 Å². The largest absolute Gasteiger partial charge is 0.355 e. The predicted octanol–water partition coefficient (Wildman–Crippen LogP) is 2.34. The van der Waals surface area contributed by atoms with E-state index in [9.17, 15) is 9.59 Å². The van der Waals surface area contributed by atoms with Crippen LogP contribution in [0.5, 0.6) is 0 Å². The van der Waals surface area contributed by atoms with Crippen molar-refractivity contribution >= 4 is 17.8 Å². The van der Waals surface area contributed by atoms with Crippen LogP contribution in [0.1, 0.15) is 38.5 Å². The fourth-order valence-corrected chi connectivity index (χ4v) is 5.46. The summed E-state index contributed by atoms with van der Waals surface area (Å²) >= 11 is 0. The first kappa shape index (κ1) is 20.0. The Balaban J connectivity index is 1.55. The van der Waals surface area contributed by atoms with Gasteiger partial charge in [0.25, 0.3) is 0 Å². The number of carbonyl (C=O) groups excluding carboxylic acids is 2. The number of nitrogens with zero attached hydrogens (tertiary/aromatic N) is 4. The predicted molar refractivity (Wildman–Crippen MR) is 113 cm³/mol. The van der Waals surface area contributed by atoms with Crippen molar-refractivity contribution in [2.45, 2.75) is 44.6 Å². The number of pyridine rings is 1. The molecule has 0 radical (unpaired) electrons. The molecule has 4 rings (SSSR count). The van der Waals surface area contributed by atoms with Gasteiger partial charge in [0.1, 0.15) is 5.82 Å². The molecule has 0 aromatic carbocycles. The Labute approximate surface area is 173 Å². The highest BCUT2D eigenvalue weighted by molar-refractivity contribution is 5.85. The maximum Gasteiger partial charge on any atom is 0.317 e. The SMILES string of the molecule is CN(C)C(=O)[C@]12CCCN(C(=O)NC3CCCC3)C[C@H]1CN(c1ccccn1)C2. The van der Waals surface area contributed by atoms with Crippen LogP contribution in [0.25, 0.3) is 0 Å². The smallest absolute Gasteiger partial charge is 0.317 e. The highest BCUT2D eigenvalue weighted by atomic mass is 16.2. The van der Waals surface area contributed by atoms with Gasteiger partial charge in [-0.2, -0.15) is 0 Å². The van der Waals surface area contributed by atoms with Gasteiger partial charge in [-0.15, -0.1) is 0 Å². The van der Waals surface area contributed by atoms with Crippen LogP contribution in [-0.2, 0) is 4.79 Å². The molecule has 3 aliphatic rings. The molecule has 2 atom stereocenters. The number of hydrogen-bond acceptors (Lipinski definition) is 4. The van der Waals surface area contributed by atoms with E-state index in [2.05, 4.69) is 15.2 Å². The monoisotopic (exact) mass is 399 g/mol. The average molecular weight is 400 g/mol. The van der Waals surface area contributed by atoms with Crippen LogP contribution in [0.2, 0.25) is 0 Å². The normalized spacial score (nSPS) is 27.4. The van der Waals surface area contributed by atoms with Gasteiger partial charge >= 0.3 is 6.03 Å². The summed E-state index contributed by atoms with van der Waals surface area (Å²) in [4.78, 5) is 36.7. The van der Waals surface area contributed by atoms with Crippen molar-refractivity contribution in [1.82, 2.24) is 20.1 Å². The van der Waals surface area contributed by atoms with Crippen LogP contribution in [0, 0.1) is 11.3 Å². The van der Waals surface area contributed by atoms with E-state index in [0.29, 0.717) is 19.1 Å². The molecule has 158 valence electrons. The lowest BCUT2D eigenvalue weighted by Crippen LogP contribution is -2.49. The van der Waals surface area contributed by atoms with Crippen LogP contribution < -0.4 is 10.2 Å². The molecular weight excluding hydrogens is 366 g/mol. The molecule has 1 N–H and O–H groups in total. The van der Waals surface area contributed by atoms with Crippen molar-refractivity contribution in [2.75, 3.05) is 45.2 Å². The fourth-order valence-electron chi connectivity index (χ4n) is 5.46. The summed E-state index contributed by atoms with van der Waals surface area (Å²) in [6.45, 7) is 2.77. The Morgan fingerprint density at radius 1 is 1.17 bits per heavy atom. The van der Waals surface area contributed by atoms with Crippen molar-refractivity contribution in [1.29, 1.82) is 0 Å². The van der Waals surface area contributed by atoms with E-state index >= 15 is 0 Å². The number of carbonyl (C=O) groups is 2. The number of fused-ring (bicyclic) bond motifs is 1. The molecule has 3 fully saturated rings. The highest BCUT2D eigenvalue weighted by Gasteiger charge is 2.54. The van der Waals surface area contributed by atoms with Crippen molar-refractivity contribution < 1.29 is 9.59 Å². The van der Waals surface area contributed by atoms with E-state index in [-0.39, 0.29) is 17.9 Å². The van der Waals surface area contributed by atoms with Crippen molar-refractivity contribution in [2.24, 2.45) is 11.3 Å². The van der Waals surface area contributed by atoms with E-state index in [1.807, 2.05) is 37.2 Å². The minimum absolute atomic E-state index is 0.0429. The molecule has 1 saturated carbocycles.